The van der Waals surface area contributed by atoms with Gasteiger partial charge < -0.3 is 5.73 Å². The average Bonchev–Trinajstić information content (AvgIpc) is 2.27. The number of rotatable bonds is 1. The Bertz CT molecular complexity index is 582. The van der Waals surface area contributed by atoms with Gasteiger partial charge in [-0.3, -0.25) is 0 Å². The zero-order valence-corrected chi connectivity index (χ0v) is 11.0. The summed E-state index contributed by atoms with van der Waals surface area (Å²) in [4.78, 5) is 8.35. The lowest BCUT2D eigenvalue weighted by Crippen LogP contribution is -2.02. The molecule has 0 fully saturated rings. The third kappa shape index (κ3) is 2.35. The highest BCUT2D eigenvalue weighted by Crippen LogP contribution is 2.29. The summed E-state index contributed by atoms with van der Waals surface area (Å²) in [5.74, 6) is 0.258. The third-order valence-corrected chi connectivity index (χ3v) is 3.34. The SMILES string of the molecule is Cc1nc(N)nc(-c2ccc(Cl)c(Cl)c2)c1C. The summed E-state index contributed by atoms with van der Waals surface area (Å²) in [6.07, 6.45) is 0. The lowest BCUT2D eigenvalue weighted by atomic mass is 10.1. The summed E-state index contributed by atoms with van der Waals surface area (Å²) >= 11 is 11.9. The van der Waals surface area contributed by atoms with E-state index in [0.717, 1.165) is 22.5 Å². The highest BCUT2D eigenvalue weighted by molar-refractivity contribution is 6.42. The zero-order chi connectivity index (χ0) is 12.6. The minimum Gasteiger partial charge on any atom is -0.368 e. The molecule has 3 nitrogen and oxygen atoms in total. The first kappa shape index (κ1) is 12.1. The summed E-state index contributed by atoms with van der Waals surface area (Å²) in [7, 11) is 0. The van der Waals surface area contributed by atoms with E-state index in [1.165, 1.54) is 0 Å². The summed E-state index contributed by atoms with van der Waals surface area (Å²) < 4.78 is 0. The molecule has 0 aliphatic heterocycles. The normalized spacial score (nSPS) is 10.6. The van der Waals surface area contributed by atoms with Crippen LogP contribution in [0.5, 0.6) is 0 Å². The smallest absolute Gasteiger partial charge is 0.220 e. The van der Waals surface area contributed by atoms with Gasteiger partial charge in [0.05, 0.1) is 15.7 Å². The maximum Gasteiger partial charge on any atom is 0.220 e. The highest BCUT2D eigenvalue weighted by atomic mass is 35.5. The van der Waals surface area contributed by atoms with E-state index in [1.807, 2.05) is 19.9 Å². The van der Waals surface area contributed by atoms with Crippen molar-refractivity contribution in [2.75, 3.05) is 5.73 Å². The first-order valence-electron chi connectivity index (χ1n) is 5.05. The number of hydrogen-bond donors (Lipinski definition) is 1. The molecule has 0 bridgehead atoms. The second-order valence-electron chi connectivity index (χ2n) is 3.77. The maximum atomic E-state index is 5.99. The number of hydrogen-bond acceptors (Lipinski definition) is 3. The van der Waals surface area contributed by atoms with Gasteiger partial charge in [-0.25, -0.2) is 9.97 Å². The van der Waals surface area contributed by atoms with Gasteiger partial charge in [0.15, 0.2) is 0 Å². The molecule has 0 spiro atoms. The second kappa shape index (κ2) is 4.51. The van der Waals surface area contributed by atoms with Crippen LogP contribution in [0.2, 0.25) is 10.0 Å². The van der Waals surface area contributed by atoms with Crippen LogP contribution in [0.25, 0.3) is 11.3 Å². The molecule has 17 heavy (non-hydrogen) atoms. The molecule has 2 N–H and O–H groups in total. The molecule has 0 amide bonds. The van der Waals surface area contributed by atoms with Crippen LogP contribution in [0, 0.1) is 13.8 Å². The van der Waals surface area contributed by atoms with Crippen molar-refractivity contribution in [1.29, 1.82) is 0 Å². The lowest BCUT2D eigenvalue weighted by molar-refractivity contribution is 1.08. The Morgan fingerprint density at radius 3 is 2.41 bits per heavy atom. The Kier molecular flexibility index (Phi) is 3.22. The van der Waals surface area contributed by atoms with Gasteiger partial charge >= 0.3 is 0 Å². The number of nitrogen functional groups attached to an aromatic ring is 1. The van der Waals surface area contributed by atoms with E-state index in [2.05, 4.69) is 9.97 Å². The molecule has 88 valence electrons. The van der Waals surface area contributed by atoms with Crippen molar-refractivity contribution in [3.8, 4) is 11.3 Å². The van der Waals surface area contributed by atoms with Crippen molar-refractivity contribution >= 4 is 29.2 Å². The van der Waals surface area contributed by atoms with Gasteiger partial charge in [-0.15, -0.1) is 0 Å². The predicted molar refractivity (Wildman–Crippen MR) is 71.4 cm³/mol. The van der Waals surface area contributed by atoms with E-state index >= 15 is 0 Å². The number of halogens is 2. The molecule has 0 saturated carbocycles. The maximum absolute atomic E-state index is 5.99. The van der Waals surface area contributed by atoms with E-state index in [4.69, 9.17) is 28.9 Å². The minimum absolute atomic E-state index is 0.258. The molecule has 1 heterocycles. The van der Waals surface area contributed by atoms with Gasteiger partial charge in [-0.2, -0.15) is 0 Å². The fraction of sp³-hybridized carbons (Fsp3) is 0.167. The largest absolute Gasteiger partial charge is 0.368 e. The van der Waals surface area contributed by atoms with Crippen LogP contribution in [-0.4, -0.2) is 9.97 Å². The number of nitrogens with two attached hydrogens (primary N) is 1. The topological polar surface area (TPSA) is 51.8 Å². The fourth-order valence-corrected chi connectivity index (χ4v) is 1.87. The van der Waals surface area contributed by atoms with Crippen LogP contribution >= 0.6 is 23.2 Å². The van der Waals surface area contributed by atoms with Crippen LogP contribution in [0.4, 0.5) is 5.95 Å². The number of anilines is 1. The van der Waals surface area contributed by atoms with Crippen LogP contribution in [0.1, 0.15) is 11.3 Å². The lowest BCUT2D eigenvalue weighted by Gasteiger charge is -2.09. The van der Waals surface area contributed by atoms with E-state index in [1.54, 1.807) is 12.1 Å². The van der Waals surface area contributed by atoms with E-state index < -0.39 is 0 Å². The quantitative estimate of drug-likeness (QED) is 0.858. The molecule has 0 radical (unpaired) electrons. The molecule has 5 heteroatoms. The van der Waals surface area contributed by atoms with Crippen molar-refractivity contribution in [2.24, 2.45) is 0 Å². The van der Waals surface area contributed by atoms with Gasteiger partial charge in [-0.05, 0) is 31.5 Å². The zero-order valence-electron chi connectivity index (χ0n) is 9.46. The Hall–Kier alpha value is -1.32. The molecule has 0 unspecified atom stereocenters. The van der Waals surface area contributed by atoms with E-state index in [0.29, 0.717) is 10.0 Å². The summed E-state index contributed by atoms with van der Waals surface area (Å²) in [5, 5.41) is 1.02. The third-order valence-electron chi connectivity index (χ3n) is 2.60. The van der Waals surface area contributed by atoms with Crippen molar-refractivity contribution in [3.05, 3.63) is 39.5 Å². The molecule has 2 rings (SSSR count). The molecule has 2 aromatic rings. The molecule has 1 aromatic carbocycles. The number of aromatic nitrogens is 2. The van der Waals surface area contributed by atoms with Crippen LogP contribution < -0.4 is 5.73 Å². The molecule has 0 atom stereocenters. The Morgan fingerprint density at radius 1 is 1.06 bits per heavy atom. The van der Waals surface area contributed by atoms with Gasteiger partial charge in [0.2, 0.25) is 5.95 Å². The molecular weight excluding hydrogens is 257 g/mol. The van der Waals surface area contributed by atoms with Gasteiger partial charge in [-0.1, -0.05) is 29.3 Å². The average molecular weight is 268 g/mol. The molecule has 1 aromatic heterocycles. The van der Waals surface area contributed by atoms with Gasteiger partial charge in [0.1, 0.15) is 0 Å². The number of nitrogens with zero attached hydrogens (tertiary/aromatic N) is 2. The number of aryl methyl sites for hydroxylation is 1. The molecular formula is C12H11Cl2N3. The Labute approximate surface area is 110 Å². The minimum atomic E-state index is 0.258. The molecule has 0 aliphatic carbocycles. The first-order valence-corrected chi connectivity index (χ1v) is 5.81. The second-order valence-corrected chi connectivity index (χ2v) is 4.58. The monoisotopic (exact) mass is 267 g/mol. The van der Waals surface area contributed by atoms with Crippen LogP contribution in [0.3, 0.4) is 0 Å². The molecule has 0 aliphatic rings. The van der Waals surface area contributed by atoms with E-state index in [9.17, 15) is 0 Å². The van der Waals surface area contributed by atoms with E-state index in [-0.39, 0.29) is 5.95 Å². The van der Waals surface area contributed by atoms with Gasteiger partial charge in [0, 0.05) is 11.3 Å². The highest BCUT2D eigenvalue weighted by Gasteiger charge is 2.10. The predicted octanol–water partition coefficient (Wildman–Crippen LogP) is 3.65. The summed E-state index contributed by atoms with van der Waals surface area (Å²) in [6, 6.07) is 5.38. The van der Waals surface area contributed by atoms with Crippen LogP contribution in [-0.2, 0) is 0 Å². The number of benzene rings is 1. The van der Waals surface area contributed by atoms with Crippen molar-refractivity contribution in [3.63, 3.8) is 0 Å². The molecule has 0 saturated heterocycles. The summed E-state index contributed by atoms with van der Waals surface area (Å²) in [5.41, 5.74) is 9.17. The van der Waals surface area contributed by atoms with Crippen molar-refractivity contribution in [1.82, 2.24) is 9.97 Å². The Balaban J connectivity index is 2.64. The van der Waals surface area contributed by atoms with Gasteiger partial charge in [0.25, 0.3) is 0 Å². The fourth-order valence-electron chi connectivity index (χ4n) is 1.57. The standard InChI is InChI=1S/C12H11Cl2N3/c1-6-7(2)16-12(15)17-11(6)8-3-4-9(13)10(14)5-8/h3-5H,1-2H3,(H2,15,16,17). The first-order chi connectivity index (χ1) is 7.99. The van der Waals surface area contributed by atoms with Crippen LogP contribution in [0.15, 0.2) is 18.2 Å². The van der Waals surface area contributed by atoms with Crippen molar-refractivity contribution < 1.29 is 0 Å². The van der Waals surface area contributed by atoms with Crippen molar-refractivity contribution in [2.45, 2.75) is 13.8 Å². The summed E-state index contributed by atoms with van der Waals surface area (Å²) in [6.45, 7) is 3.85. The Morgan fingerprint density at radius 2 is 1.76 bits per heavy atom.